The maximum absolute atomic E-state index is 9.93. The molecular weight excluding hydrogens is 248 g/mol. The normalized spacial score (nSPS) is 12.8. The van der Waals surface area contributed by atoms with E-state index in [4.69, 9.17) is 4.74 Å². The highest BCUT2D eigenvalue weighted by Gasteiger charge is 2.12. The maximum Gasteiger partial charge on any atom is 0.132 e. The molecule has 0 unspecified atom stereocenters. The van der Waals surface area contributed by atoms with Crippen LogP contribution in [0.4, 0.5) is 0 Å². The summed E-state index contributed by atoms with van der Waals surface area (Å²) < 4.78 is 6.00. The van der Waals surface area contributed by atoms with Crippen molar-refractivity contribution in [3.05, 3.63) is 42.0 Å². The Morgan fingerprint density at radius 3 is 2.50 bits per heavy atom. The number of rotatable bonds is 6. The maximum atomic E-state index is 9.93. The zero-order chi connectivity index (χ0) is 14.5. The highest BCUT2D eigenvalue weighted by Crippen LogP contribution is 2.33. The molecule has 0 aromatic heterocycles. The summed E-state index contributed by atoms with van der Waals surface area (Å²) in [7, 11) is 0. The van der Waals surface area contributed by atoms with Gasteiger partial charge in [0.05, 0.1) is 12.7 Å². The van der Waals surface area contributed by atoms with Crippen LogP contribution in [0.5, 0.6) is 5.75 Å². The smallest absolute Gasteiger partial charge is 0.132 e. The van der Waals surface area contributed by atoms with Gasteiger partial charge in [-0.1, -0.05) is 50.2 Å². The Hall–Kier alpha value is -1.54. The third-order valence-corrected chi connectivity index (χ3v) is 3.53. The molecule has 1 N–H and O–H groups in total. The summed E-state index contributed by atoms with van der Waals surface area (Å²) in [5, 5.41) is 12.2. The first-order chi connectivity index (χ1) is 9.59. The highest BCUT2D eigenvalue weighted by atomic mass is 16.5. The second-order valence-corrected chi connectivity index (χ2v) is 5.77. The lowest BCUT2D eigenvalue weighted by Crippen LogP contribution is -2.04. The standard InChI is InChI=1S/C18H24O2/c1-13(2)7-6-12-20-18-16(14(3)19)11-10-15-8-4-5-9-17(15)18/h4-5,8-11,13-14,19H,6-7,12H2,1-3H3/t14-/m1/s1. The lowest BCUT2D eigenvalue weighted by molar-refractivity contribution is 0.191. The van der Waals surface area contributed by atoms with Crippen LogP contribution in [0.25, 0.3) is 10.8 Å². The van der Waals surface area contributed by atoms with Crippen LogP contribution in [0, 0.1) is 5.92 Å². The number of aliphatic hydroxyl groups excluding tert-OH is 1. The summed E-state index contributed by atoms with van der Waals surface area (Å²) in [5.41, 5.74) is 0.869. The molecule has 0 aliphatic heterocycles. The molecule has 0 amide bonds. The second kappa shape index (κ2) is 6.76. The van der Waals surface area contributed by atoms with Crippen LogP contribution in [-0.2, 0) is 0 Å². The van der Waals surface area contributed by atoms with E-state index in [1.54, 1.807) is 6.92 Å². The first-order valence-electron chi connectivity index (χ1n) is 7.42. The fraction of sp³-hybridized carbons (Fsp3) is 0.444. The minimum Gasteiger partial charge on any atom is -0.493 e. The number of benzene rings is 2. The molecule has 2 aromatic rings. The van der Waals surface area contributed by atoms with Crippen molar-refractivity contribution in [2.45, 2.75) is 39.7 Å². The highest BCUT2D eigenvalue weighted by molar-refractivity contribution is 5.89. The largest absolute Gasteiger partial charge is 0.493 e. The average molecular weight is 272 g/mol. The summed E-state index contributed by atoms with van der Waals surface area (Å²) >= 11 is 0. The summed E-state index contributed by atoms with van der Waals surface area (Å²) in [6.45, 7) is 6.93. The molecule has 0 fully saturated rings. The van der Waals surface area contributed by atoms with Gasteiger partial charge in [0, 0.05) is 10.9 Å². The van der Waals surface area contributed by atoms with Gasteiger partial charge in [-0.3, -0.25) is 0 Å². The minimum absolute atomic E-state index is 0.514. The molecule has 0 spiro atoms. The predicted octanol–water partition coefficient (Wildman–Crippen LogP) is 4.71. The van der Waals surface area contributed by atoms with Crippen LogP contribution in [-0.4, -0.2) is 11.7 Å². The van der Waals surface area contributed by atoms with Crippen molar-refractivity contribution >= 4 is 10.8 Å². The third-order valence-electron chi connectivity index (χ3n) is 3.53. The van der Waals surface area contributed by atoms with Crippen molar-refractivity contribution in [1.82, 2.24) is 0 Å². The van der Waals surface area contributed by atoms with Crippen LogP contribution < -0.4 is 4.74 Å². The molecule has 0 saturated carbocycles. The Labute approximate surface area is 121 Å². The minimum atomic E-state index is -0.514. The summed E-state index contributed by atoms with van der Waals surface area (Å²) in [6.07, 6.45) is 1.69. The molecule has 0 saturated heterocycles. The quantitative estimate of drug-likeness (QED) is 0.772. The van der Waals surface area contributed by atoms with E-state index < -0.39 is 6.10 Å². The SMILES string of the molecule is CC(C)CCCOc1c([C@@H](C)O)ccc2ccccc12. The van der Waals surface area contributed by atoms with Gasteiger partial charge in [-0.05, 0) is 31.1 Å². The molecule has 2 rings (SSSR count). The Morgan fingerprint density at radius 2 is 1.80 bits per heavy atom. The van der Waals surface area contributed by atoms with Crippen LogP contribution in [0.2, 0.25) is 0 Å². The van der Waals surface area contributed by atoms with E-state index in [1.165, 1.54) is 0 Å². The van der Waals surface area contributed by atoms with E-state index in [0.29, 0.717) is 12.5 Å². The fourth-order valence-corrected chi connectivity index (χ4v) is 2.42. The van der Waals surface area contributed by atoms with Crippen molar-refractivity contribution in [3.63, 3.8) is 0 Å². The number of aliphatic hydroxyl groups is 1. The van der Waals surface area contributed by atoms with E-state index in [0.717, 1.165) is 34.9 Å². The number of hydrogen-bond donors (Lipinski definition) is 1. The molecule has 0 heterocycles. The molecule has 2 heteroatoms. The first kappa shape index (κ1) is 14.9. The van der Waals surface area contributed by atoms with E-state index in [1.807, 2.05) is 24.3 Å². The van der Waals surface area contributed by atoms with Crippen molar-refractivity contribution in [3.8, 4) is 5.75 Å². The van der Waals surface area contributed by atoms with Gasteiger partial charge in [-0.25, -0.2) is 0 Å². The van der Waals surface area contributed by atoms with Crippen LogP contribution in [0.3, 0.4) is 0 Å². The van der Waals surface area contributed by atoms with E-state index in [9.17, 15) is 5.11 Å². The lowest BCUT2D eigenvalue weighted by atomic mass is 10.0. The van der Waals surface area contributed by atoms with E-state index >= 15 is 0 Å². The predicted molar refractivity (Wildman–Crippen MR) is 84.1 cm³/mol. The van der Waals surface area contributed by atoms with Crippen molar-refractivity contribution in [1.29, 1.82) is 0 Å². The zero-order valence-electron chi connectivity index (χ0n) is 12.6. The number of fused-ring (bicyclic) bond motifs is 1. The van der Waals surface area contributed by atoms with E-state index in [-0.39, 0.29) is 0 Å². The van der Waals surface area contributed by atoms with Crippen molar-refractivity contribution in [2.24, 2.45) is 5.92 Å². The molecule has 2 aromatic carbocycles. The lowest BCUT2D eigenvalue weighted by Gasteiger charge is -2.16. The van der Waals surface area contributed by atoms with Crippen molar-refractivity contribution in [2.75, 3.05) is 6.61 Å². The topological polar surface area (TPSA) is 29.5 Å². The summed E-state index contributed by atoms with van der Waals surface area (Å²) in [6, 6.07) is 12.2. The van der Waals surface area contributed by atoms with E-state index in [2.05, 4.69) is 26.0 Å². The summed E-state index contributed by atoms with van der Waals surface area (Å²) in [4.78, 5) is 0. The fourth-order valence-electron chi connectivity index (χ4n) is 2.42. The molecule has 0 bridgehead atoms. The average Bonchev–Trinajstić information content (AvgIpc) is 2.42. The van der Waals surface area contributed by atoms with Gasteiger partial charge in [0.1, 0.15) is 5.75 Å². The molecule has 0 radical (unpaired) electrons. The molecule has 20 heavy (non-hydrogen) atoms. The van der Waals surface area contributed by atoms with Crippen molar-refractivity contribution < 1.29 is 9.84 Å². The molecule has 2 nitrogen and oxygen atoms in total. The monoisotopic (exact) mass is 272 g/mol. The van der Waals surface area contributed by atoms with Gasteiger partial charge in [0.25, 0.3) is 0 Å². The van der Waals surface area contributed by atoms with Gasteiger partial charge < -0.3 is 9.84 Å². The van der Waals surface area contributed by atoms with Crippen LogP contribution in [0.15, 0.2) is 36.4 Å². The van der Waals surface area contributed by atoms with Crippen LogP contribution >= 0.6 is 0 Å². The first-order valence-corrected chi connectivity index (χ1v) is 7.42. The molecule has 0 aliphatic carbocycles. The van der Waals surface area contributed by atoms with Gasteiger partial charge in [-0.2, -0.15) is 0 Å². The Morgan fingerprint density at radius 1 is 1.05 bits per heavy atom. The van der Waals surface area contributed by atoms with Gasteiger partial charge in [-0.15, -0.1) is 0 Å². The summed E-state index contributed by atoms with van der Waals surface area (Å²) in [5.74, 6) is 1.53. The number of hydrogen-bond acceptors (Lipinski definition) is 2. The zero-order valence-corrected chi connectivity index (χ0v) is 12.6. The van der Waals surface area contributed by atoms with Gasteiger partial charge >= 0.3 is 0 Å². The Kier molecular flexibility index (Phi) is 5.02. The van der Waals surface area contributed by atoms with Gasteiger partial charge in [0.2, 0.25) is 0 Å². The molecular formula is C18H24O2. The molecule has 1 atom stereocenters. The molecule has 0 aliphatic rings. The second-order valence-electron chi connectivity index (χ2n) is 5.77. The Bertz CT molecular complexity index is 558. The Balaban J connectivity index is 2.25. The molecule has 108 valence electrons. The number of ether oxygens (including phenoxy) is 1. The van der Waals surface area contributed by atoms with Crippen LogP contribution in [0.1, 0.15) is 45.3 Å². The third kappa shape index (κ3) is 3.51. The van der Waals surface area contributed by atoms with Gasteiger partial charge in [0.15, 0.2) is 0 Å².